The Kier molecular flexibility index (Phi) is 21.4. The molecule has 1 aromatic heterocycles. The highest BCUT2D eigenvalue weighted by molar-refractivity contribution is 7.13. The molecule has 9 rings (SSSR count). The van der Waals surface area contributed by atoms with Crippen molar-refractivity contribution in [1.82, 2.24) is 36.5 Å². The number of benzene rings is 4. The van der Waals surface area contributed by atoms with Crippen LogP contribution in [-0.2, 0) is 48.4 Å². The standard InChI is InChI=1S/C64H76Cl2FN9O11S/c1-37-55(88-36-70-37)40-14-12-39(13-15-40)48(73-58(81)50-33-44(78)35-76(50)60(83)56(62(3,4)5)71-38(2)77)34-51(79)68-24-26-85-28-30-87-31-29-86-27-25-69-57(80)41-16-19-43(20-17-41)72-59(82)54-52(45-10-9-11-47(66)53(45)67)64(63(75-54)22-7-6-8-23-63)46-21-18-42(65)32-49(46)74-61(64)84/h9-21,32,36,44,48,50,52,54,56,75,78H,6-8,22-31,33-35H2,1-5H3,(H,68,79)(H,69,80)(H,71,77)(H,72,82)(H,73,81)(H,74,84)/t44-,48?,50+,52+,54-,56?,64-/m1/s1. The smallest absolute Gasteiger partial charge is 0.251 e. The van der Waals surface area contributed by atoms with Crippen molar-refractivity contribution < 1.29 is 57.3 Å². The Hall–Kier alpha value is -6.89. The van der Waals surface area contributed by atoms with Crippen molar-refractivity contribution in [1.29, 1.82) is 0 Å². The molecule has 7 atom stereocenters. The molecule has 5 aromatic rings. The molecular formula is C64H76Cl2FN9O11S. The van der Waals surface area contributed by atoms with Gasteiger partial charge in [0.2, 0.25) is 35.4 Å². The number of fused-ring (bicyclic) bond motifs is 3. The van der Waals surface area contributed by atoms with E-state index >= 15 is 4.39 Å². The van der Waals surface area contributed by atoms with Crippen LogP contribution in [0.2, 0.25) is 10.0 Å². The summed E-state index contributed by atoms with van der Waals surface area (Å²) in [7, 11) is 0. The second-order valence-electron chi connectivity index (χ2n) is 23.9. The highest BCUT2D eigenvalue weighted by Gasteiger charge is 2.72. The summed E-state index contributed by atoms with van der Waals surface area (Å²) in [5.74, 6) is -4.67. The van der Waals surface area contributed by atoms with Crippen LogP contribution in [0.5, 0.6) is 0 Å². The van der Waals surface area contributed by atoms with Crippen molar-refractivity contribution in [3.05, 3.63) is 134 Å². The molecule has 4 aliphatic rings. The average Bonchev–Trinajstić information content (AvgIpc) is 1.51. The van der Waals surface area contributed by atoms with E-state index in [1.54, 1.807) is 80.9 Å². The van der Waals surface area contributed by atoms with Gasteiger partial charge < -0.3 is 56.1 Å². The lowest BCUT2D eigenvalue weighted by atomic mass is 9.55. The number of ether oxygens (including phenoxy) is 3. The minimum atomic E-state index is -1.38. The molecule has 88 heavy (non-hydrogen) atoms. The average molecular weight is 1270 g/mol. The monoisotopic (exact) mass is 1270 g/mol. The number of carbonyl (C=O) groups is 7. The maximum Gasteiger partial charge on any atom is 0.251 e. The van der Waals surface area contributed by atoms with E-state index in [0.717, 1.165) is 35.4 Å². The van der Waals surface area contributed by atoms with Gasteiger partial charge in [-0.3, -0.25) is 38.9 Å². The van der Waals surface area contributed by atoms with Crippen LogP contribution in [0.1, 0.15) is 117 Å². The van der Waals surface area contributed by atoms with Crippen LogP contribution in [0.15, 0.2) is 90.4 Å². The molecule has 2 saturated heterocycles. The predicted molar refractivity (Wildman–Crippen MR) is 332 cm³/mol. The summed E-state index contributed by atoms with van der Waals surface area (Å²) in [4.78, 5) is 103. The maximum absolute atomic E-state index is 16.3. The first-order chi connectivity index (χ1) is 42.1. The second-order valence-corrected chi connectivity index (χ2v) is 25.6. The van der Waals surface area contributed by atoms with Crippen LogP contribution in [-0.4, -0.2) is 145 Å². The Labute approximate surface area is 525 Å². The van der Waals surface area contributed by atoms with Crippen molar-refractivity contribution in [3.63, 3.8) is 0 Å². The summed E-state index contributed by atoms with van der Waals surface area (Å²) in [5, 5.41) is 32.0. The fraction of sp³-hybridized carbons (Fsp3) is 0.469. The fourth-order valence-electron chi connectivity index (χ4n) is 12.8. The molecule has 0 bridgehead atoms. The number of hydrogen-bond acceptors (Lipinski definition) is 14. The number of β-amino-alcohol motifs (C(OH)–C–C–N with tert-alkyl or cyclic N) is 1. The van der Waals surface area contributed by atoms with Gasteiger partial charge >= 0.3 is 0 Å². The van der Waals surface area contributed by atoms with Gasteiger partial charge in [0.05, 0.1) is 85.4 Å². The van der Waals surface area contributed by atoms with E-state index in [2.05, 4.69) is 42.2 Å². The number of thiazole rings is 1. The van der Waals surface area contributed by atoms with Crippen LogP contribution in [0.3, 0.4) is 0 Å². The van der Waals surface area contributed by atoms with E-state index in [1.165, 1.54) is 29.2 Å². The SMILES string of the molecule is CC(=O)NC(C(=O)N1C[C@H](O)C[C@H]1C(=O)NC(CC(=O)NCCOCCOCCOCCNC(=O)c1ccc(NC(=O)[C@@H]2NC3(CCCCC3)[C@@]3(C(=O)Nc4cc(Cl)ccc43)[C@H]2c2cccc(Cl)c2F)cc1)c1ccc(-c2scnc2C)cc1)C(C)(C)C. The van der Waals surface area contributed by atoms with Gasteiger partial charge in [-0.05, 0) is 89.9 Å². The number of aromatic nitrogens is 1. The zero-order valence-electron chi connectivity index (χ0n) is 49.9. The van der Waals surface area contributed by atoms with Gasteiger partial charge in [0.25, 0.3) is 5.91 Å². The van der Waals surface area contributed by atoms with Gasteiger partial charge in [-0.15, -0.1) is 11.3 Å². The maximum atomic E-state index is 16.3. The minimum Gasteiger partial charge on any atom is -0.391 e. The molecule has 20 nitrogen and oxygen atoms in total. The number of likely N-dealkylation sites (tertiary alicyclic amines) is 1. The summed E-state index contributed by atoms with van der Waals surface area (Å²) in [6, 6.07) is 19.8. The van der Waals surface area contributed by atoms with E-state index in [9.17, 15) is 38.7 Å². The van der Waals surface area contributed by atoms with E-state index in [1.807, 2.05) is 31.2 Å². The number of nitrogens with one attached hydrogen (secondary N) is 7. The number of rotatable bonds is 24. The lowest BCUT2D eigenvalue weighted by molar-refractivity contribution is -0.144. The summed E-state index contributed by atoms with van der Waals surface area (Å²) >= 11 is 14.3. The fourth-order valence-corrected chi connectivity index (χ4v) is 14.0. The van der Waals surface area contributed by atoms with Gasteiger partial charge in [0.1, 0.15) is 23.3 Å². The topological polar surface area (TPSA) is 268 Å². The van der Waals surface area contributed by atoms with Crippen molar-refractivity contribution in [3.8, 4) is 10.4 Å². The number of anilines is 2. The van der Waals surface area contributed by atoms with Crippen LogP contribution < -0.4 is 37.2 Å². The van der Waals surface area contributed by atoms with E-state index in [4.69, 9.17) is 37.4 Å². The Morgan fingerprint density at radius 1 is 0.852 bits per heavy atom. The predicted octanol–water partition coefficient (Wildman–Crippen LogP) is 7.51. The molecular weight excluding hydrogens is 1190 g/mol. The quantitative estimate of drug-likeness (QED) is 0.0279. The molecule has 8 N–H and O–H groups in total. The molecule has 3 aliphatic heterocycles. The first-order valence-electron chi connectivity index (χ1n) is 29.7. The molecule has 1 aliphatic carbocycles. The zero-order valence-corrected chi connectivity index (χ0v) is 52.2. The molecule has 1 saturated carbocycles. The summed E-state index contributed by atoms with van der Waals surface area (Å²) in [6.07, 6.45) is 2.58. The van der Waals surface area contributed by atoms with E-state index < -0.39 is 82.0 Å². The van der Waals surface area contributed by atoms with Gasteiger partial charge in [0, 0.05) is 66.4 Å². The summed E-state index contributed by atoms with van der Waals surface area (Å²) in [6.45, 7) is 10.4. The Morgan fingerprint density at radius 2 is 1.52 bits per heavy atom. The molecule has 2 spiro atoms. The Balaban J connectivity index is 0.694. The third-order valence-corrected chi connectivity index (χ3v) is 18.4. The third kappa shape index (κ3) is 14.6. The third-order valence-electron chi connectivity index (χ3n) is 16.9. The van der Waals surface area contributed by atoms with Gasteiger partial charge in [-0.2, -0.15) is 0 Å². The molecule has 3 fully saturated rings. The normalized spacial score (nSPS) is 20.9. The number of halogens is 3. The van der Waals surface area contributed by atoms with E-state index in [0.29, 0.717) is 45.9 Å². The zero-order chi connectivity index (χ0) is 62.9. The lowest BCUT2D eigenvalue weighted by Crippen LogP contribution is -2.60. The van der Waals surface area contributed by atoms with Crippen LogP contribution >= 0.6 is 34.5 Å². The molecule has 7 amide bonds. The molecule has 4 heterocycles. The van der Waals surface area contributed by atoms with Crippen LogP contribution in [0, 0.1) is 18.2 Å². The first-order valence-corrected chi connectivity index (χ1v) is 31.3. The van der Waals surface area contributed by atoms with Crippen molar-refractivity contribution in [2.24, 2.45) is 5.41 Å². The first kappa shape index (κ1) is 65.6. The minimum absolute atomic E-state index is 0.0159. The number of nitrogens with zero attached hydrogens (tertiary/aromatic N) is 2. The number of aliphatic hydroxyl groups is 1. The molecule has 470 valence electrons. The molecule has 24 heteroatoms. The summed E-state index contributed by atoms with van der Waals surface area (Å²) < 4.78 is 33.3. The van der Waals surface area contributed by atoms with Crippen molar-refractivity contribution >= 4 is 87.3 Å². The highest BCUT2D eigenvalue weighted by Crippen LogP contribution is 2.63. The number of hydrogen-bond donors (Lipinski definition) is 8. The van der Waals surface area contributed by atoms with Crippen LogP contribution in [0.4, 0.5) is 15.8 Å². The molecule has 4 aromatic carbocycles. The molecule has 2 unspecified atom stereocenters. The van der Waals surface area contributed by atoms with Gasteiger partial charge in [0.15, 0.2) is 0 Å². The molecule has 0 radical (unpaired) electrons. The number of carbonyl (C=O) groups excluding carboxylic acids is 7. The van der Waals surface area contributed by atoms with Gasteiger partial charge in [-0.1, -0.05) is 106 Å². The summed E-state index contributed by atoms with van der Waals surface area (Å²) in [5.41, 5.74) is 3.30. The second kappa shape index (κ2) is 28.7. The number of aryl methyl sites for hydroxylation is 1. The van der Waals surface area contributed by atoms with Gasteiger partial charge in [-0.25, -0.2) is 9.37 Å². The van der Waals surface area contributed by atoms with Crippen LogP contribution in [0.25, 0.3) is 10.4 Å². The Morgan fingerprint density at radius 3 is 2.17 bits per heavy atom. The Bertz CT molecular complexity index is 3360. The largest absolute Gasteiger partial charge is 0.391 e. The van der Waals surface area contributed by atoms with Crippen molar-refractivity contribution in [2.45, 2.75) is 127 Å². The highest BCUT2D eigenvalue weighted by atomic mass is 35.5. The number of aliphatic hydroxyl groups excluding tert-OH is 1. The van der Waals surface area contributed by atoms with E-state index in [-0.39, 0.29) is 100 Å². The van der Waals surface area contributed by atoms with Crippen molar-refractivity contribution in [2.75, 3.05) is 69.9 Å². The number of amides is 7. The lowest BCUT2D eigenvalue weighted by Gasteiger charge is -2.47.